The topological polar surface area (TPSA) is 58.8 Å². The van der Waals surface area contributed by atoms with Crippen LogP contribution in [-0.4, -0.2) is 37.8 Å². The lowest BCUT2D eigenvalue weighted by molar-refractivity contribution is -0.120. The summed E-state index contributed by atoms with van der Waals surface area (Å²) in [5.74, 6) is -0.0561. The van der Waals surface area contributed by atoms with Crippen LogP contribution in [0, 0.1) is 6.92 Å². The van der Waals surface area contributed by atoms with E-state index in [4.69, 9.17) is 17.0 Å². The van der Waals surface area contributed by atoms with Crippen molar-refractivity contribution in [3.63, 3.8) is 0 Å². The molecule has 0 saturated carbocycles. The number of rotatable bonds is 9. The fourth-order valence-electron chi connectivity index (χ4n) is 2.82. The van der Waals surface area contributed by atoms with Crippen LogP contribution in [0.2, 0.25) is 6.32 Å². The Morgan fingerprint density at radius 2 is 2.12 bits per heavy atom. The minimum absolute atomic E-state index is 0.0561. The summed E-state index contributed by atoms with van der Waals surface area (Å²) in [5, 5.41) is 3.41. The van der Waals surface area contributed by atoms with Gasteiger partial charge < -0.3 is 9.15 Å². The highest BCUT2D eigenvalue weighted by atomic mass is 16.6. The van der Waals surface area contributed by atoms with Gasteiger partial charge in [0.05, 0.1) is 19.2 Å². The smallest absolute Gasteiger partial charge is 0.394 e. The molecule has 2 rings (SSSR count). The van der Waals surface area contributed by atoms with Crippen molar-refractivity contribution < 1.29 is 13.9 Å². The lowest BCUT2D eigenvalue weighted by Crippen LogP contribution is -2.42. The molecule has 0 spiro atoms. The zero-order chi connectivity index (χ0) is 19.1. The number of carbonyl (C=O) groups is 1. The number of benzene rings is 1. The van der Waals surface area contributed by atoms with E-state index in [1.54, 1.807) is 16.3 Å². The second kappa shape index (κ2) is 9.43. The van der Waals surface area contributed by atoms with E-state index in [2.05, 4.69) is 18.0 Å². The molecule has 138 valence electrons. The van der Waals surface area contributed by atoms with Gasteiger partial charge in [0.2, 0.25) is 5.91 Å². The molecule has 0 aliphatic rings. The summed E-state index contributed by atoms with van der Waals surface area (Å²) in [6, 6.07) is 5.95. The lowest BCUT2D eigenvalue weighted by atomic mass is 9.99. The van der Waals surface area contributed by atoms with E-state index in [0.29, 0.717) is 6.32 Å². The summed E-state index contributed by atoms with van der Waals surface area (Å²) >= 11 is 0. The Bertz CT molecular complexity index is 731. The Labute approximate surface area is 156 Å². The fourth-order valence-corrected chi connectivity index (χ4v) is 2.82. The van der Waals surface area contributed by atoms with Crippen LogP contribution >= 0.6 is 0 Å². The Balaban J connectivity index is 2.39. The van der Waals surface area contributed by atoms with Gasteiger partial charge in [-0.3, -0.25) is 4.79 Å². The normalized spacial score (nSPS) is 11.0. The van der Waals surface area contributed by atoms with E-state index in [-0.39, 0.29) is 25.0 Å². The number of hydrogen-bond donors (Lipinski definition) is 0. The molecule has 1 amide bonds. The third kappa shape index (κ3) is 4.88. The van der Waals surface area contributed by atoms with Gasteiger partial charge in [-0.05, 0) is 25.0 Å². The summed E-state index contributed by atoms with van der Waals surface area (Å²) in [7, 11) is 9.26. The summed E-state index contributed by atoms with van der Waals surface area (Å²) in [6.07, 6.45) is 4.24. The van der Waals surface area contributed by atoms with Crippen molar-refractivity contribution in [2.75, 3.05) is 19.1 Å². The predicted octanol–water partition coefficient (Wildman–Crippen LogP) is 3.30. The average molecular weight is 355 g/mol. The van der Waals surface area contributed by atoms with E-state index >= 15 is 0 Å². The highest BCUT2D eigenvalue weighted by Gasteiger charge is 2.22. The second-order valence-corrected chi connectivity index (χ2v) is 6.30. The highest BCUT2D eigenvalue weighted by Crippen LogP contribution is 2.28. The average Bonchev–Trinajstić information content (AvgIpc) is 3.00. The van der Waals surface area contributed by atoms with E-state index < -0.39 is 0 Å². The van der Waals surface area contributed by atoms with E-state index in [1.165, 1.54) is 0 Å². The van der Waals surface area contributed by atoms with Crippen molar-refractivity contribution in [1.82, 2.24) is 9.99 Å². The zero-order valence-corrected chi connectivity index (χ0v) is 16.0. The minimum Gasteiger partial charge on any atom is -0.445 e. The monoisotopic (exact) mass is 355 g/mol. The fraction of sp³-hybridized carbons (Fsp3) is 0.474. The molecule has 0 bridgehead atoms. The van der Waals surface area contributed by atoms with Crippen molar-refractivity contribution in [3.05, 3.63) is 41.3 Å². The molecule has 0 aliphatic carbocycles. The third-order valence-electron chi connectivity index (χ3n) is 3.93. The van der Waals surface area contributed by atoms with Gasteiger partial charge in [-0.15, -0.1) is 0 Å². The molecule has 6 nitrogen and oxygen atoms in total. The zero-order valence-electron chi connectivity index (χ0n) is 16.0. The molecular formula is C19H26BN3O3. The number of aryl methyl sites for hydroxylation is 2. The SMILES string of the molecule is [B]CCC(=O)N(c1cccc(CCC)c1COc1nc(C)co1)N(C)C. The molecule has 0 unspecified atom stereocenters. The van der Waals surface area contributed by atoms with Crippen molar-refractivity contribution >= 4 is 19.4 Å². The van der Waals surface area contributed by atoms with Gasteiger partial charge >= 0.3 is 6.08 Å². The van der Waals surface area contributed by atoms with Crippen LogP contribution in [0.4, 0.5) is 5.69 Å². The lowest BCUT2D eigenvalue weighted by Gasteiger charge is -2.31. The number of aromatic nitrogens is 1. The minimum atomic E-state index is -0.0561. The first-order valence-corrected chi connectivity index (χ1v) is 8.83. The maximum atomic E-state index is 12.6. The number of ether oxygens (including phenoxy) is 1. The number of hydrogen-bond acceptors (Lipinski definition) is 5. The Morgan fingerprint density at radius 1 is 1.35 bits per heavy atom. The molecule has 26 heavy (non-hydrogen) atoms. The van der Waals surface area contributed by atoms with Crippen molar-refractivity contribution in [2.24, 2.45) is 0 Å². The molecule has 0 atom stereocenters. The summed E-state index contributed by atoms with van der Waals surface area (Å²) in [5.41, 5.74) is 3.64. The predicted molar refractivity (Wildman–Crippen MR) is 102 cm³/mol. The van der Waals surface area contributed by atoms with Crippen LogP contribution in [0.15, 0.2) is 28.9 Å². The number of nitrogens with zero attached hydrogens (tertiary/aromatic N) is 3. The maximum Gasteiger partial charge on any atom is 0.394 e. The summed E-state index contributed by atoms with van der Waals surface area (Å²) in [6.45, 7) is 4.23. The van der Waals surface area contributed by atoms with Crippen LogP contribution in [0.5, 0.6) is 6.08 Å². The highest BCUT2D eigenvalue weighted by molar-refractivity contribution is 6.10. The van der Waals surface area contributed by atoms with Crippen molar-refractivity contribution in [3.8, 4) is 6.08 Å². The molecule has 0 N–H and O–H groups in total. The largest absolute Gasteiger partial charge is 0.445 e. The first-order valence-electron chi connectivity index (χ1n) is 8.83. The molecular weight excluding hydrogens is 329 g/mol. The summed E-state index contributed by atoms with van der Waals surface area (Å²) < 4.78 is 11.0. The van der Waals surface area contributed by atoms with E-state index in [0.717, 1.165) is 35.3 Å². The van der Waals surface area contributed by atoms with Crippen LogP contribution < -0.4 is 9.75 Å². The van der Waals surface area contributed by atoms with Gasteiger partial charge in [0.25, 0.3) is 0 Å². The van der Waals surface area contributed by atoms with Gasteiger partial charge in [0, 0.05) is 26.1 Å². The number of oxazole rings is 1. The number of anilines is 1. The molecule has 2 aromatic rings. The van der Waals surface area contributed by atoms with Gasteiger partial charge in [0.15, 0.2) is 0 Å². The van der Waals surface area contributed by atoms with E-state index in [1.807, 2.05) is 33.2 Å². The number of amides is 1. The van der Waals surface area contributed by atoms with Gasteiger partial charge in [-0.2, -0.15) is 4.98 Å². The van der Waals surface area contributed by atoms with Crippen LogP contribution in [0.3, 0.4) is 0 Å². The molecule has 1 aromatic heterocycles. The molecule has 2 radical (unpaired) electrons. The maximum absolute atomic E-state index is 12.6. The van der Waals surface area contributed by atoms with Crippen LogP contribution in [0.25, 0.3) is 0 Å². The van der Waals surface area contributed by atoms with Crippen LogP contribution in [0.1, 0.15) is 36.6 Å². The summed E-state index contributed by atoms with van der Waals surface area (Å²) in [4.78, 5) is 16.8. The van der Waals surface area contributed by atoms with Crippen molar-refractivity contribution in [1.29, 1.82) is 0 Å². The number of carbonyl (C=O) groups excluding carboxylic acids is 1. The molecule has 0 fully saturated rings. The number of hydrazine groups is 1. The molecule has 0 aliphatic heterocycles. The Kier molecular flexibility index (Phi) is 7.27. The van der Waals surface area contributed by atoms with Crippen molar-refractivity contribution in [2.45, 2.75) is 46.0 Å². The first-order chi connectivity index (χ1) is 12.5. The van der Waals surface area contributed by atoms with Gasteiger partial charge in [-0.1, -0.05) is 31.8 Å². The van der Waals surface area contributed by atoms with Gasteiger partial charge in [0.1, 0.15) is 12.9 Å². The van der Waals surface area contributed by atoms with Gasteiger partial charge in [-0.25, -0.2) is 10.0 Å². The first kappa shape index (κ1) is 20.0. The van der Waals surface area contributed by atoms with Crippen LogP contribution in [-0.2, 0) is 17.8 Å². The Hall–Kier alpha value is -2.28. The second-order valence-electron chi connectivity index (χ2n) is 6.30. The molecule has 1 heterocycles. The molecule has 1 aromatic carbocycles. The molecule has 7 heteroatoms. The molecule has 0 saturated heterocycles. The third-order valence-corrected chi connectivity index (χ3v) is 3.93. The van der Waals surface area contributed by atoms with E-state index in [9.17, 15) is 4.79 Å². The standard InChI is InChI=1S/C19H26BN3O3/c1-5-7-15-8-6-9-17(23(22(3)4)18(24)10-11-20)16(15)13-26-19-21-14(2)12-25-19/h6,8-9,12H,5,7,10-11,13H2,1-4H3. The Morgan fingerprint density at radius 3 is 2.69 bits per heavy atom. The quantitative estimate of drug-likeness (QED) is 0.510.